The van der Waals surface area contributed by atoms with Gasteiger partial charge in [0.25, 0.3) is 0 Å². The van der Waals surface area contributed by atoms with E-state index in [9.17, 15) is 0 Å². The van der Waals surface area contributed by atoms with E-state index >= 15 is 0 Å². The van der Waals surface area contributed by atoms with Crippen molar-refractivity contribution in [1.82, 2.24) is 14.6 Å². The second kappa shape index (κ2) is 5.12. The first-order valence-corrected chi connectivity index (χ1v) is 5.19. The molecule has 0 radical (unpaired) electrons. The first-order chi connectivity index (χ1) is 8.33. The Kier molecular flexibility index (Phi) is 3.35. The van der Waals surface area contributed by atoms with Gasteiger partial charge in [0.05, 0.1) is 0 Å². The smallest absolute Gasteiger partial charge is 0.164 e. The largest absolute Gasteiger partial charge is 0.489 e. The number of allylic oxidation sites excluding steroid dienone is 2. The summed E-state index contributed by atoms with van der Waals surface area (Å²) in [6, 6.07) is 3.70. The van der Waals surface area contributed by atoms with Crippen LogP contribution in [0.3, 0.4) is 0 Å². The minimum absolute atomic E-state index is 0.458. The van der Waals surface area contributed by atoms with Crippen molar-refractivity contribution >= 4 is 5.65 Å². The minimum atomic E-state index is 0.458. The van der Waals surface area contributed by atoms with Crippen LogP contribution in [0.4, 0.5) is 0 Å². The van der Waals surface area contributed by atoms with Crippen molar-refractivity contribution in [1.29, 1.82) is 0 Å². The lowest BCUT2D eigenvalue weighted by atomic mass is 10.2. The summed E-state index contributed by atoms with van der Waals surface area (Å²) in [6.45, 7) is 7.81. The highest BCUT2D eigenvalue weighted by Crippen LogP contribution is 2.13. The number of hydrogen-bond acceptors (Lipinski definition) is 3. The average Bonchev–Trinajstić information content (AvgIpc) is 2.81. The molecule has 0 unspecified atom stereocenters. The zero-order valence-electron chi connectivity index (χ0n) is 9.41. The Balaban J connectivity index is 2.10. The zero-order valence-corrected chi connectivity index (χ0v) is 9.41. The standard InChI is InChI=1S/C13H13N3O/c1-3-5-11(4-2)9-17-12-6-7-16-10-14-15-13(16)8-12/h3-8,10H,1-2,9H2/b11-5+. The van der Waals surface area contributed by atoms with Gasteiger partial charge in [-0.05, 0) is 11.6 Å². The molecule has 0 amide bonds. The number of rotatable bonds is 5. The van der Waals surface area contributed by atoms with Gasteiger partial charge in [0.2, 0.25) is 0 Å². The monoisotopic (exact) mass is 227 g/mol. The third kappa shape index (κ3) is 2.60. The van der Waals surface area contributed by atoms with Gasteiger partial charge < -0.3 is 4.74 Å². The van der Waals surface area contributed by atoms with Gasteiger partial charge in [-0.15, -0.1) is 10.2 Å². The molecule has 2 aromatic rings. The highest BCUT2D eigenvalue weighted by atomic mass is 16.5. The van der Waals surface area contributed by atoms with E-state index in [2.05, 4.69) is 23.4 Å². The van der Waals surface area contributed by atoms with E-state index in [-0.39, 0.29) is 0 Å². The lowest BCUT2D eigenvalue weighted by Gasteiger charge is -2.06. The molecule has 4 nitrogen and oxygen atoms in total. The number of pyridine rings is 1. The van der Waals surface area contributed by atoms with Crippen LogP contribution in [0, 0.1) is 0 Å². The molecular weight excluding hydrogens is 214 g/mol. The minimum Gasteiger partial charge on any atom is -0.489 e. The maximum atomic E-state index is 5.62. The van der Waals surface area contributed by atoms with Crippen LogP contribution in [0.5, 0.6) is 5.75 Å². The van der Waals surface area contributed by atoms with Crippen LogP contribution < -0.4 is 4.74 Å². The van der Waals surface area contributed by atoms with Gasteiger partial charge in [-0.2, -0.15) is 0 Å². The van der Waals surface area contributed by atoms with Gasteiger partial charge in [-0.25, -0.2) is 0 Å². The molecule has 0 atom stereocenters. The number of ether oxygens (including phenoxy) is 1. The molecule has 0 fully saturated rings. The van der Waals surface area contributed by atoms with Gasteiger partial charge in [-0.3, -0.25) is 4.40 Å². The quantitative estimate of drug-likeness (QED) is 0.736. The second-order valence-electron chi connectivity index (χ2n) is 3.43. The maximum absolute atomic E-state index is 5.62. The molecule has 0 aromatic carbocycles. The summed E-state index contributed by atoms with van der Waals surface area (Å²) in [5, 5.41) is 7.74. The van der Waals surface area contributed by atoms with Crippen LogP contribution in [0.1, 0.15) is 0 Å². The Morgan fingerprint density at radius 2 is 2.35 bits per heavy atom. The SMILES string of the molecule is C=C/C=C(\C=C)COc1ccn2cnnc2c1. The summed E-state index contributed by atoms with van der Waals surface area (Å²) in [5.41, 5.74) is 1.73. The Bertz CT molecular complexity index is 569. The van der Waals surface area contributed by atoms with Crippen LogP contribution in [0.2, 0.25) is 0 Å². The number of nitrogens with zero attached hydrogens (tertiary/aromatic N) is 3. The number of fused-ring (bicyclic) bond motifs is 1. The molecule has 0 aliphatic heterocycles. The van der Waals surface area contributed by atoms with Crippen molar-refractivity contribution in [2.45, 2.75) is 0 Å². The number of hydrogen-bond donors (Lipinski definition) is 0. The van der Waals surface area contributed by atoms with Crippen LogP contribution in [0.15, 0.2) is 61.6 Å². The topological polar surface area (TPSA) is 39.4 Å². The lowest BCUT2D eigenvalue weighted by Crippen LogP contribution is -1.99. The molecule has 0 aliphatic rings. The van der Waals surface area contributed by atoms with Crippen LogP contribution in [-0.4, -0.2) is 21.2 Å². The molecule has 0 spiro atoms. The molecule has 2 rings (SSSR count). The summed E-state index contributed by atoms with van der Waals surface area (Å²) < 4.78 is 7.44. The van der Waals surface area contributed by atoms with Gasteiger partial charge >= 0.3 is 0 Å². The van der Waals surface area contributed by atoms with E-state index in [0.29, 0.717) is 6.61 Å². The summed E-state index contributed by atoms with van der Waals surface area (Å²) in [5.74, 6) is 0.752. The third-order valence-corrected chi connectivity index (χ3v) is 2.27. The fourth-order valence-electron chi connectivity index (χ4n) is 1.38. The summed E-state index contributed by atoms with van der Waals surface area (Å²) >= 11 is 0. The Morgan fingerprint density at radius 3 is 3.12 bits per heavy atom. The highest BCUT2D eigenvalue weighted by Gasteiger charge is 1.99. The van der Waals surface area contributed by atoms with Crippen molar-refractivity contribution in [3.63, 3.8) is 0 Å². The van der Waals surface area contributed by atoms with E-state index in [1.165, 1.54) is 0 Å². The van der Waals surface area contributed by atoms with Crippen LogP contribution >= 0.6 is 0 Å². The van der Waals surface area contributed by atoms with E-state index in [1.54, 1.807) is 18.5 Å². The zero-order chi connectivity index (χ0) is 12.1. The Morgan fingerprint density at radius 1 is 1.47 bits per heavy atom. The summed E-state index contributed by atoms with van der Waals surface area (Å²) in [4.78, 5) is 0. The van der Waals surface area contributed by atoms with Crippen molar-refractivity contribution in [3.05, 3.63) is 61.6 Å². The van der Waals surface area contributed by atoms with Gasteiger partial charge in [0.1, 0.15) is 18.7 Å². The lowest BCUT2D eigenvalue weighted by molar-refractivity contribution is 0.355. The molecule has 17 heavy (non-hydrogen) atoms. The maximum Gasteiger partial charge on any atom is 0.164 e. The molecule has 0 bridgehead atoms. The van der Waals surface area contributed by atoms with Crippen molar-refractivity contribution in [2.24, 2.45) is 0 Å². The second-order valence-corrected chi connectivity index (χ2v) is 3.43. The van der Waals surface area contributed by atoms with Crippen LogP contribution in [-0.2, 0) is 0 Å². The van der Waals surface area contributed by atoms with E-state index in [4.69, 9.17) is 4.74 Å². The Labute approximate surface area is 99.6 Å². The molecule has 2 aromatic heterocycles. The van der Waals surface area contributed by atoms with E-state index < -0.39 is 0 Å². The van der Waals surface area contributed by atoms with Gasteiger partial charge in [0.15, 0.2) is 5.65 Å². The molecule has 0 aliphatic carbocycles. The first kappa shape index (κ1) is 11.1. The van der Waals surface area contributed by atoms with E-state index in [1.807, 2.05) is 28.8 Å². The predicted molar refractivity (Wildman–Crippen MR) is 67.0 cm³/mol. The molecule has 4 heteroatoms. The number of aromatic nitrogens is 3. The molecule has 86 valence electrons. The van der Waals surface area contributed by atoms with Gasteiger partial charge in [-0.1, -0.05) is 31.4 Å². The van der Waals surface area contributed by atoms with Gasteiger partial charge in [0, 0.05) is 12.3 Å². The average molecular weight is 227 g/mol. The van der Waals surface area contributed by atoms with Crippen molar-refractivity contribution in [3.8, 4) is 5.75 Å². The normalized spacial score (nSPS) is 11.4. The first-order valence-electron chi connectivity index (χ1n) is 5.19. The van der Waals surface area contributed by atoms with Crippen molar-refractivity contribution < 1.29 is 4.74 Å². The third-order valence-electron chi connectivity index (χ3n) is 2.27. The van der Waals surface area contributed by atoms with Crippen molar-refractivity contribution in [2.75, 3.05) is 6.61 Å². The molecule has 0 N–H and O–H groups in total. The highest BCUT2D eigenvalue weighted by molar-refractivity contribution is 5.43. The molecule has 0 saturated heterocycles. The van der Waals surface area contributed by atoms with E-state index in [0.717, 1.165) is 17.0 Å². The fourth-order valence-corrected chi connectivity index (χ4v) is 1.38. The fraction of sp³-hybridized carbons (Fsp3) is 0.0769. The summed E-state index contributed by atoms with van der Waals surface area (Å²) in [7, 11) is 0. The molecule has 0 saturated carbocycles. The van der Waals surface area contributed by atoms with Crippen LogP contribution in [0.25, 0.3) is 5.65 Å². The predicted octanol–water partition coefficient (Wildman–Crippen LogP) is 2.41. The summed E-state index contributed by atoms with van der Waals surface area (Å²) in [6.07, 6.45) is 8.82. The molecule has 2 heterocycles. The molecular formula is C13H13N3O. The Hall–Kier alpha value is -2.36.